The van der Waals surface area contributed by atoms with Crippen molar-refractivity contribution in [3.8, 4) is 0 Å². The highest BCUT2D eigenvalue weighted by atomic mass is 35.5. The molecule has 2 aromatic carbocycles. The van der Waals surface area contributed by atoms with Gasteiger partial charge in [0.2, 0.25) is 0 Å². The monoisotopic (exact) mass is 411 g/mol. The van der Waals surface area contributed by atoms with Crippen LogP contribution in [0.2, 0.25) is 10.0 Å². The van der Waals surface area contributed by atoms with Crippen LogP contribution in [-0.4, -0.2) is 11.9 Å². The van der Waals surface area contributed by atoms with E-state index < -0.39 is 29.6 Å². The van der Waals surface area contributed by atoms with E-state index in [2.05, 4.69) is 16.0 Å². The Hall–Kier alpha value is -2.64. The SMILES string of the molecule is CC1=C(C(=O)Nc2ccc(F)c(F)c2)[C@@H](c2cccc(Cl)c2Cl)NC(=O)N1. The molecule has 5 nitrogen and oxygen atoms in total. The average molecular weight is 412 g/mol. The van der Waals surface area contributed by atoms with Gasteiger partial charge >= 0.3 is 6.03 Å². The van der Waals surface area contributed by atoms with Crippen molar-refractivity contribution in [3.63, 3.8) is 0 Å². The molecule has 0 bridgehead atoms. The van der Waals surface area contributed by atoms with Gasteiger partial charge in [-0.3, -0.25) is 4.79 Å². The number of benzene rings is 2. The molecule has 1 atom stereocenters. The average Bonchev–Trinajstić information content (AvgIpc) is 2.59. The second kappa shape index (κ2) is 7.54. The highest BCUT2D eigenvalue weighted by Gasteiger charge is 2.32. The van der Waals surface area contributed by atoms with Crippen molar-refractivity contribution in [2.45, 2.75) is 13.0 Å². The standard InChI is InChI=1S/C18H13Cl2F2N3O2/c1-8-14(17(26)24-9-5-6-12(21)13(22)7-9)16(25-18(27)23-8)10-3-2-4-11(19)15(10)20/h2-7,16H,1H3,(H,24,26)(H2,23,25,27)/t16-/m1/s1. The number of allylic oxidation sites excluding steroid dienone is 1. The van der Waals surface area contributed by atoms with E-state index in [0.29, 0.717) is 11.3 Å². The molecule has 140 valence electrons. The smallest absolute Gasteiger partial charge is 0.319 e. The van der Waals surface area contributed by atoms with Crippen LogP contribution in [-0.2, 0) is 4.79 Å². The lowest BCUT2D eigenvalue weighted by atomic mass is 9.94. The van der Waals surface area contributed by atoms with Crippen molar-refractivity contribution in [2.75, 3.05) is 5.32 Å². The number of carbonyl (C=O) groups excluding carboxylic acids is 2. The summed E-state index contributed by atoms with van der Waals surface area (Å²) in [7, 11) is 0. The zero-order chi connectivity index (χ0) is 19.7. The number of rotatable bonds is 3. The van der Waals surface area contributed by atoms with Gasteiger partial charge in [-0.25, -0.2) is 13.6 Å². The molecule has 3 amide bonds. The van der Waals surface area contributed by atoms with E-state index in [1.54, 1.807) is 25.1 Å². The third-order valence-corrected chi connectivity index (χ3v) is 4.82. The van der Waals surface area contributed by atoms with E-state index in [9.17, 15) is 18.4 Å². The van der Waals surface area contributed by atoms with Gasteiger partial charge in [0.05, 0.1) is 21.7 Å². The number of nitrogens with one attached hydrogen (secondary N) is 3. The number of anilines is 1. The molecule has 0 saturated heterocycles. The molecular formula is C18H13Cl2F2N3O2. The van der Waals surface area contributed by atoms with Gasteiger partial charge in [-0.2, -0.15) is 0 Å². The molecule has 0 aromatic heterocycles. The second-order valence-electron chi connectivity index (χ2n) is 5.80. The molecule has 0 radical (unpaired) electrons. The minimum absolute atomic E-state index is 0.0621. The first-order valence-electron chi connectivity index (χ1n) is 7.76. The molecular weight excluding hydrogens is 399 g/mol. The van der Waals surface area contributed by atoms with E-state index in [-0.39, 0.29) is 21.3 Å². The number of hydrogen-bond donors (Lipinski definition) is 3. The van der Waals surface area contributed by atoms with Gasteiger partial charge in [0.25, 0.3) is 5.91 Å². The maximum atomic E-state index is 13.4. The molecule has 0 unspecified atom stereocenters. The highest BCUT2D eigenvalue weighted by Crippen LogP contribution is 2.35. The van der Waals surface area contributed by atoms with Crippen molar-refractivity contribution < 1.29 is 18.4 Å². The van der Waals surface area contributed by atoms with Gasteiger partial charge in [-0.15, -0.1) is 0 Å². The van der Waals surface area contributed by atoms with Crippen LogP contribution in [0, 0.1) is 11.6 Å². The topological polar surface area (TPSA) is 70.2 Å². The Morgan fingerprint density at radius 1 is 1.15 bits per heavy atom. The van der Waals surface area contributed by atoms with E-state index in [1.165, 1.54) is 6.07 Å². The van der Waals surface area contributed by atoms with Gasteiger partial charge in [0.15, 0.2) is 11.6 Å². The zero-order valence-corrected chi connectivity index (χ0v) is 15.4. The molecule has 1 aliphatic heterocycles. The summed E-state index contributed by atoms with van der Waals surface area (Å²) in [5, 5.41) is 8.08. The summed E-state index contributed by atoms with van der Waals surface area (Å²) in [4.78, 5) is 24.7. The maximum absolute atomic E-state index is 13.4. The van der Waals surface area contributed by atoms with Gasteiger partial charge in [0.1, 0.15) is 0 Å². The van der Waals surface area contributed by atoms with Crippen molar-refractivity contribution >= 4 is 40.8 Å². The molecule has 9 heteroatoms. The normalized spacial score (nSPS) is 16.6. The Bertz CT molecular complexity index is 979. The Kier molecular flexibility index (Phi) is 5.34. The number of urea groups is 1. The lowest BCUT2D eigenvalue weighted by Crippen LogP contribution is -2.46. The Balaban J connectivity index is 1.99. The quantitative estimate of drug-likeness (QED) is 0.693. The van der Waals surface area contributed by atoms with Crippen LogP contribution >= 0.6 is 23.2 Å². The minimum atomic E-state index is -1.09. The molecule has 1 heterocycles. The van der Waals surface area contributed by atoms with Crippen molar-refractivity contribution in [1.29, 1.82) is 0 Å². The summed E-state index contributed by atoms with van der Waals surface area (Å²) >= 11 is 12.3. The molecule has 1 aliphatic rings. The Labute approximate surface area is 163 Å². The maximum Gasteiger partial charge on any atom is 0.319 e. The third kappa shape index (κ3) is 3.89. The first kappa shape index (κ1) is 19.1. The van der Waals surface area contributed by atoms with Crippen molar-refractivity contribution in [1.82, 2.24) is 10.6 Å². The molecule has 0 spiro atoms. The molecule has 2 aromatic rings. The van der Waals surface area contributed by atoms with Crippen LogP contribution in [0.4, 0.5) is 19.3 Å². The predicted octanol–water partition coefficient (Wildman–Crippen LogP) is 4.54. The lowest BCUT2D eigenvalue weighted by molar-refractivity contribution is -0.113. The van der Waals surface area contributed by atoms with Crippen LogP contribution in [0.3, 0.4) is 0 Å². The number of hydrogen-bond acceptors (Lipinski definition) is 2. The number of carbonyl (C=O) groups is 2. The summed E-state index contributed by atoms with van der Waals surface area (Å²) < 4.78 is 26.5. The van der Waals surface area contributed by atoms with Gasteiger partial charge in [-0.1, -0.05) is 35.3 Å². The predicted molar refractivity (Wildman–Crippen MR) is 98.6 cm³/mol. The fraction of sp³-hybridized carbons (Fsp3) is 0.111. The molecule has 0 fully saturated rings. The molecule has 3 N–H and O–H groups in total. The molecule has 27 heavy (non-hydrogen) atoms. The zero-order valence-electron chi connectivity index (χ0n) is 13.9. The fourth-order valence-electron chi connectivity index (χ4n) is 2.74. The highest BCUT2D eigenvalue weighted by molar-refractivity contribution is 6.42. The van der Waals surface area contributed by atoms with Crippen molar-refractivity contribution in [2.24, 2.45) is 0 Å². The van der Waals surface area contributed by atoms with Gasteiger partial charge in [0, 0.05) is 17.5 Å². The van der Waals surface area contributed by atoms with Crippen LogP contribution in [0.25, 0.3) is 0 Å². The van der Waals surface area contributed by atoms with Crippen LogP contribution in [0.15, 0.2) is 47.7 Å². The summed E-state index contributed by atoms with van der Waals surface area (Å²) in [6.07, 6.45) is 0. The van der Waals surface area contributed by atoms with E-state index in [1.807, 2.05) is 0 Å². The van der Waals surface area contributed by atoms with Crippen molar-refractivity contribution in [3.05, 3.63) is 74.9 Å². The minimum Gasteiger partial charge on any atom is -0.327 e. The first-order valence-corrected chi connectivity index (χ1v) is 8.52. The number of amides is 3. The van der Waals surface area contributed by atoms with E-state index in [0.717, 1.165) is 12.1 Å². The lowest BCUT2D eigenvalue weighted by Gasteiger charge is -2.29. The molecule has 3 rings (SSSR count). The van der Waals surface area contributed by atoms with Gasteiger partial charge in [-0.05, 0) is 30.7 Å². The largest absolute Gasteiger partial charge is 0.327 e. The summed E-state index contributed by atoms with van der Waals surface area (Å²) in [5.41, 5.74) is 0.934. The Morgan fingerprint density at radius 2 is 1.89 bits per heavy atom. The Morgan fingerprint density at radius 3 is 2.59 bits per heavy atom. The first-order chi connectivity index (χ1) is 12.8. The summed E-state index contributed by atoms with van der Waals surface area (Å²) in [6.45, 7) is 1.55. The fourth-order valence-corrected chi connectivity index (χ4v) is 3.16. The van der Waals surface area contributed by atoms with Crippen LogP contribution in [0.5, 0.6) is 0 Å². The van der Waals surface area contributed by atoms with E-state index in [4.69, 9.17) is 23.2 Å². The van der Waals surface area contributed by atoms with E-state index >= 15 is 0 Å². The summed E-state index contributed by atoms with van der Waals surface area (Å²) in [6, 6.07) is 6.43. The third-order valence-electron chi connectivity index (χ3n) is 3.98. The van der Waals surface area contributed by atoms with Gasteiger partial charge < -0.3 is 16.0 Å². The molecule has 0 saturated carbocycles. The second-order valence-corrected chi connectivity index (χ2v) is 6.58. The number of halogens is 4. The summed E-state index contributed by atoms with van der Waals surface area (Å²) in [5.74, 6) is -2.74. The van der Waals surface area contributed by atoms with Crippen LogP contribution in [0.1, 0.15) is 18.5 Å². The molecule has 0 aliphatic carbocycles. The van der Waals surface area contributed by atoms with Crippen LogP contribution < -0.4 is 16.0 Å².